The molecule has 1 aliphatic rings. The average Bonchev–Trinajstić information content (AvgIpc) is 2.99. The summed E-state index contributed by atoms with van der Waals surface area (Å²) in [5.74, 6) is -0.907. The van der Waals surface area contributed by atoms with Crippen molar-refractivity contribution in [3.05, 3.63) is 18.0 Å². The van der Waals surface area contributed by atoms with Crippen molar-refractivity contribution in [1.29, 1.82) is 0 Å². The predicted octanol–water partition coefficient (Wildman–Crippen LogP) is 0.240. The molecule has 1 saturated heterocycles. The van der Waals surface area contributed by atoms with Gasteiger partial charge in [-0.2, -0.15) is 22.1 Å². The summed E-state index contributed by atoms with van der Waals surface area (Å²) in [7, 11) is -2.20. The zero-order valence-electron chi connectivity index (χ0n) is 11.9. The number of nitrogens with one attached hydrogen (secondary N) is 1. The van der Waals surface area contributed by atoms with Crippen LogP contribution in [0.25, 0.3) is 0 Å². The number of hydrogen-bond acceptors (Lipinski definition) is 4. The van der Waals surface area contributed by atoms with Crippen molar-refractivity contribution in [3.63, 3.8) is 0 Å². The molecular formula is C12H20N4O4S. The molecule has 0 aliphatic carbocycles. The third kappa shape index (κ3) is 3.80. The minimum Gasteiger partial charge on any atom is -0.481 e. The molecule has 0 bridgehead atoms. The lowest BCUT2D eigenvalue weighted by Gasteiger charge is -2.33. The fourth-order valence-corrected chi connectivity index (χ4v) is 3.91. The maximum atomic E-state index is 12.4. The topological polar surface area (TPSA) is 107 Å². The Morgan fingerprint density at radius 3 is 3.00 bits per heavy atom. The van der Waals surface area contributed by atoms with E-state index in [4.69, 9.17) is 5.11 Å². The molecule has 21 heavy (non-hydrogen) atoms. The number of aromatic amines is 1. The molecule has 2 N–H and O–H groups in total. The largest absolute Gasteiger partial charge is 0.481 e. The summed E-state index contributed by atoms with van der Waals surface area (Å²) in [6.07, 6.45) is 3.14. The van der Waals surface area contributed by atoms with Gasteiger partial charge in [0.25, 0.3) is 10.2 Å². The normalized spacial score (nSPS) is 20.8. The number of H-pyrrole nitrogens is 1. The van der Waals surface area contributed by atoms with Gasteiger partial charge >= 0.3 is 5.97 Å². The summed E-state index contributed by atoms with van der Waals surface area (Å²) in [5.41, 5.74) is 0.933. The molecule has 1 fully saturated rings. The Labute approximate surface area is 123 Å². The van der Waals surface area contributed by atoms with E-state index in [1.165, 1.54) is 11.4 Å². The third-order valence-corrected chi connectivity index (χ3v) is 5.66. The second-order valence-corrected chi connectivity index (χ2v) is 7.22. The van der Waals surface area contributed by atoms with E-state index in [0.717, 1.165) is 22.8 Å². The van der Waals surface area contributed by atoms with Gasteiger partial charge in [-0.05, 0) is 18.9 Å². The first-order valence-corrected chi connectivity index (χ1v) is 8.23. The lowest BCUT2D eigenvalue weighted by atomic mass is 9.96. The van der Waals surface area contributed by atoms with Gasteiger partial charge in [0.15, 0.2) is 0 Å². The van der Waals surface area contributed by atoms with Crippen molar-refractivity contribution in [2.45, 2.75) is 25.2 Å². The quantitative estimate of drug-likeness (QED) is 0.782. The number of hydrogen-bond donors (Lipinski definition) is 2. The minimum absolute atomic E-state index is 0.0249. The van der Waals surface area contributed by atoms with Gasteiger partial charge in [0.2, 0.25) is 0 Å². The smallest absolute Gasteiger partial charge is 0.304 e. The van der Waals surface area contributed by atoms with Crippen molar-refractivity contribution >= 4 is 16.2 Å². The molecule has 9 heteroatoms. The number of rotatable bonds is 6. The molecule has 0 spiro atoms. The highest BCUT2D eigenvalue weighted by Gasteiger charge is 2.32. The Balaban J connectivity index is 2.03. The first-order chi connectivity index (χ1) is 9.91. The van der Waals surface area contributed by atoms with Crippen LogP contribution in [0.4, 0.5) is 0 Å². The molecule has 8 nitrogen and oxygen atoms in total. The molecule has 1 aliphatic heterocycles. The van der Waals surface area contributed by atoms with Gasteiger partial charge in [-0.1, -0.05) is 0 Å². The Morgan fingerprint density at radius 2 is 2.38 bits per heavy atom. The Kier molecular flexibility index (Phi) is 4.96. The summed E-state index contributed by atoms with van der Waals surface area (Å²) >= 11 is 0. The zero-order chi connectivity index (χ0) is 15.5. The summed E-state index contributed by atoms with van der Waals surface area (Å²) in [5, 5.41) is 15.4. The van der Waals surface area contributed by atoms with Crippen molar-refractivity contribution in [1.82, 2.24) is 18.8 Å². The van der Waals surface area contributed by atoms with Crippen LogP contribution >= 0.6 is 0 Å². The Hall–Kier alpha value is -1.45. The van der Waals surface area contributed by atoms with Crippen molar-refractivity contribution < 1.29 is 18.3 Å². The van der Waals surface area contributed by atoms with E-state index < -0.39 is 16.2 Å². The maximum absolute atomic E-state index is 12.4. The van der Waals surface area contributed by atoms with Crippen molar-refractivity contribution in [2.24, 2.45) is 0 Å². The number of carboxylic acids is 1. The van der Waals surface area contributed by atoms with Crippen molar-refractivity contribution in [2.75, 3.05) is 26.7 Å². The van der Waals surface area contributed by atoms with Gasteiger partial charge in [0, 0.05) is 44.5 Å². The zero-order valence-corrected chi connectivity index (χ0v) is 12.7. The van der Waals surface area contributed by atoms with Gasteiger partial charge in [-0.3, -0.25) is 9.89 Å². The van der Waals surface area contributed by atoms with Gasteiger partial charge in [-0.25, -0.2) is 0 Å². The van der Waals surface area contributed by atoms with Crippen LogP contribution in [0, 0.1) is 0 Å². The molecule has 1 unspecified atom stereocenters. The molecule has 118 valence electrons. The number of aliphatic carboxylic acids is 1. The molecule has 1 aromatic rings. The summed E-state index contributed by atoms with van der Waals surface area (Å²) < 4.78 is 27.4. The summed E-state index contributed by atoms with van der Waals surface area (Å²) in [6.45, 7) is 0.829. The van der Waals surface area contributed by atoms with E-state index in [-0.39, 0.29) is 18.9 Å². The molecule has 0 aromatic carbocycles. The average molecular weight is 316 g/mol. The molecule has 0 radical (unpaired) electrons. The highest BCUT2D eigenvalue weighted by atomic mass is 32.2. The van der Waals surface area contributed by atoms with Crippen LogP contribution in [0.1, 0.15) is 30.9 Å². The third-order valence-electron chi connectivity index (χ3n) is 3.71. The van der Waals surface area contributed by atoms with Crippen LogP contribution < -0.4 is 0 Å². The predicted molar refractivity (Wildman–Crippen MR) is 75.9 cm³/mol. The fourth-order valence-electron chi connectivity index (χ4n) is 2.47. The second-order valence-electron chi connectivity index (χ2n) is 5.18. The van der Waals surface area contributed by atoms with E-state index >= 15 is 0 Å². The van der Waals surface area contributed by atoms with Gasteiger partial charge < -0.3 is 5.11 Å². The van der Waals surface area contributed by atoms with Crippen LogP contribution in [0.5, 0.6) is 0 Å². The Morgan fingerprint density at radius 1 is 1.62 bits per heavy atom. The summed E-state index contributed by atoms with van der Waals surface area (Å²) in [6, 6.07) is 1.86. The first kappa shape index (κ1) is 15.9. The highest BCUT2D eigenvalue weighted by Crippen LogP contribution is 2.27. The molecule has 1 aromatic heterocycles. The standard InChI is InChI=1S/C12H20N4O4S/c1-15(8-5-12(17)18)21(19,20)16-7-2-3-10(9-16)11-4-6-13-14-11/h4,6,10H,2-3,5,7-9H2,1H3,(H,13,14)(H,17,18). The van der Waals surface area contributed by atoms with E-state index in [1.807, 2.05) is 6.07 Å². The lowest BCUT2D eigenvalue weighted by Crippen LogP contribution is -2.46. The van der Waals surface area contributed by atoms with E-state index in [1.54, 1.807) is 6.20 Å². The molecular weight excluding hydrogens is 296 g/mol. The monoisotopic (exact) mass is 316 g/mol. The molecule has 0 amide bonds. The van der Waals surface area contributed by atoms with Crippen LogP contribution in [-0.2, 0) is 15.0 Å². The van der Waals surface area contributed by atoms with Crippen molar-refractivity contribution in [3.8, 4) is 0 Å². The molecule has 1 atom stereocenters. The SMILES string of the molecule is CN(CCC(=O)O)S(=O)(=O)N1CCCC(c2ccn[nH]2)C1. The van der Waals surface area contributed by atoms with E-state index in [9.17, 15) is 13.2 Å². The van der Waals surface area contributed by atoms with Crippen LogP contribution in [0.3, 0.4) is 0 Å². The van der Waals surface area contributed by atoms with E-state index in [0.29, 0.717) is 13.1 Å². The Bertz CT molecular complexity index is 572. The lowest BCUT2D eigenvalue weighted by molar-refractivity contribution is -0.137. The van der Waals surface area contributed by atoms with Gasteiger partial charge in [-0.15, -0.1) is 0 Å². The van der Waals surface area contributed by atoms with Crippen LogP contribution in [0.2, 0.25) is 0 Å². The molecule has 0 saturated carbocycles. The second kappa shape index (κ2) is 6.54. The van der Waals surface area contributed by atoms with Crippen LogP contribution in [-0.4, -0.2) is 65.0 Å². The number of carboxylic acid groups (broad SMARTS) is 1. The minimum atomic E-state index is -3.61. The molecule has 2 rings (SSSR count). The number of aromatic nitrogens is 2. The fraction of sp³-hybridized carbons (Fsp3) is 0.667. The maximum Gasteiger partial charge on any atom is 0.304 e. The molecule has 2 heterocycles. The summed E-state index contributed by atoms with van der Waals surface area (Å²) in [4.78, 5) is 10.6. The number of nitrogens with zero attached hydrogens (tertiary/aromatic N) is 3. The van der Waals surface area contributed by atoms with Crippen LogP contribution in [0.15, 0.2) is 12.3 Å². The highest BCUT2D eigenvalue weighted by molar-refractivity contribution is 7.86. The van der Waals surface area contributed by atoms with Gasteiger partial charge in [0.05, 0.1) is 6.42 Å². The van der Waals surface area contributed by atoms with E-state index in [2.05, 4.69) is 10.2 Å². The first-order valence-electron chi connectivity index (χ1n) is 6.83. The number of carbonyl (C=O) groups is 1. The van der Waals surface area contributed by atoms with Gasteiger partial charge in [0.1, 0.15) is 0 Å². The number of piperidine rings is 1.